The number of hydrogen-bond acceptors (Lipinski definition) is 2. The summed E-state index contributed by atoms with van der Waals surface area (Å²) >= 11 is 5.52. The molecule has 0 aliphatic rings. The van der Waals surface area contributed by atoms with Crippen LogP contribution in [0.5, 0.6) is 0 Å². The number of carbonyl (C=O) groups is 2. The number of aryl methyl sites for hydroxylation is 1. The van der Waals surface area contributed by atoms with Crippen LogP contribution in [0, 0.1) is 6.92 Å². The van der Waals surface area contributed by atoms with E-state index < -0.39 is 5.97 Å². The van der Waals surface area contributed by atoms with Crippen molar-refractivity contribution in [2.24, 2.45) is 0 Å². The van der Waals surface area contributed by atoms with Gasteiger partial charge in [-0.05, 0) is 18.6 Å². The Labute approximate surface area is 105 Å². The normalized spacial score (nSPS) is 10.7. The van der Waals surface area contributed by atoms with E-state index in [1.807, 2.05) is 13.0 Å². The predicted octanol–water partition coefficient (Wildman–Crippen LogP) is 2.90. The van der Waals surface area contributed by atoms with Crippen LogP contribution in [0.2, 0.25) is 0 Å². The maximum absolute atomic E-state index is 11.8. The quantitative estimate of drug-likeness (QED) is 0.498. The summed E-state index contributed by atoms with van der Waals surface area (Å²) in [5.41, 5.74) is 2.09. The fourth-order valence-electron chi connectivity index (χ4n) is 1.46. The minimum Gasteiger partial charge on any atom is -0.478 e. The van der Waals surface area contributed by atoms with Crippen molar-refractivity contribution in [2.75, 3.05) is 5.88 Å². The van der Waals surface area contributed by atoms with Gasteiger partial charge < -0.3 is 5.11 Å². The molecule has 0 fully saturated rings. The monoisotopic (exact) mass is 252 g/mol. The Morgan fingerprint density at radius 2 is 2.12 bits per heavy atom. The first kappa shape index (κ1) is 13.5. The number of carboxylic acids is 1. The zero-order chi connectivity index (χ0) is 12.8. The lowest BCUT2D eigenvalue weighted by Crippen LogP contribution is -2.03. The van der Waals surface area contributed by atoms with Gasteiger partial charge in [-0.15, -0.1) is 11.6 Å². The maximum Gasteiger partial charge on any atom is 0.328 e. The van der Waals surface area contributed by atoms with Crippen molar-refractivity contribution >= 4 is 29.4 Å². The number of benzene rings is 1. The average molecular weight is 253 g/mol. The molecule has 0 saturated heterocycles. The van der Waals surface area contributed by atoms with Gasteiger partial charge in [-0.25, -0.2) is 4.79 Å². The van der Waals surface area contributed by atoms with Crippen LogP contribution in [-0.2, 0) is 4.79 Å². The summed E-state index contributed by atoms with van der Waals surface area (Å²) in [6.45, 7) is 1.88. The Hall–Kier alpha value is -1.61. The lowest BCUT2D eigenvalue weighted by Gasteiger charge is -2.05. The van der Waals surface area contributed by atoms with Gasteiger partial charge in [0, 0.05) is 23.9 Å². The van der Waals surface area contributed by atoms with E-state index in [1.54, 1.807) is 12.1 Å². The van der Waals surface area contributed by atoms with Gasteiger partial charge in [0.25, 0.3) is 0 Å². The zero-order valence-corrected chi connectivity index (χ0v) is 10.2. The van der Waals surface area contributed by atoms with Gasteiger partial charge in [0.15, 0.2) is 5.78 Å². The third-order valence-electron chi connectivity index (χ3n) is 2.23. The molecule has 0 aromatic heterocycles. The fraction of sp³-hybridized carbons (Fsp3) is 0.231. The van der Waals surface area contributed by atoms with Crippen LogP contribution in [0.25, 0.3) is 6.08 Å². The number of carboxylic acid groups (broad SMARTS) is 1. The molecule has 0 aliphatic heterocycles. The van der Waals surface area contributed by atoms with E-state index in [0.717, 1.165) is 11.6 Å². The molecule has 0 unspecified atom stereocenters. The first-order valence-electron chi connectivity index (χ1n) is 5.15. The molecule has 4 heteroatoms. The molecule has 0 heterocycles. The maximum atomic E-state index is 11.8. The molecule has 0 saturated carbocycles. The van der Waals surface area contributed by atoms with E-state index in [2.05, 4.69) is 0 Å². The zero-order valence-electron chi connectivity index (χ0n) is 9.44. The second kappa shape index (κ2) is 6.21. The lowest BCUT2D eigenvalue weighted by atomic mass is 9.99. The summed E-state index contributed by atoms with van der Waals surface area (Å²) < 4.78 is 0. The number of alkyl halides is 1. The molecule has 1 aromatic carbocycles. The largest absolute Gasteiger partial charge is 0.478 e. The standard InChI is InChI=1S/C13H13ClO3/c1-9-2-4-11(12(15)6-7-14)10(8-9)3-5-13(16)17/h2-5,8H,6-7H2,1H3,(H,16,17)/b5-3+. The van der Waals surface area contributed by atoms with Crippen molar-refractivity contribution in [3.63, 3.8) is 0 Å². The van der Waals surface area contributed by atoms with Gasteiger partial charge in [0.05, 0.1) is 0 Å². The highest BCUT2D eigenvalue weighted by molar-refractivity contribution is 6.19. The van der Waals surface area contributed by atoms with Crippen molar-refractivity contribution in [3.8, 4) is 0 Å². The number of carbonyl (C=O) groups excluding carboxylic acids is 1. The minimum absolute atomic E-state index is 0.0787. The molecule has 1 N–H and O–H groups in total. The number of aliphatic carboxylic acids is 1. The average Bonchev–Trinajstić information content (AvgIpc) is 2.26. The number of hydrogen-bond donors (Lipinski definition) is 1. The Morgan fingerprint density at radius 1 is 1.41 bits per heavy atom. The second-order valence-electron chi connectivity index (χ2n) is 3.62. The smallest absolute Gasteiger partial charge is 0.328 e. The van der Waals surface area contributed by atoms with Gasteiger partial charge in [-0.2, -0.15) is 0 Å². The molecule has 0 spiro atoms. The van der Waals surface area contributed by atoms with Crippen molar-refractivity contribution in [2.45, 2.75) is 13.3 Å². The minimum atomic E-state index is -1.04. The van der Waals surface area contributed by atoms with Crippen LogP contribution in [0.15, 0.2) is 24.3 Å². The van der Waals surface area contributed by atoms with Crippen LogP contribution >= 0.6 is 11.6 Å². The highest BCUT2D eigenvalue weighted by Crippen LogP contribution is 2.16. The second-order valence-corrected chi connectivity index (χ2v) is 4.00. The van der Waals surface area contributed by atoms with E-state index in [0.29, 0.717) is 11.1 Å². The molecule has 0 aliphatic carbocycles. The SMILES string of the molecule is Cc1ccc(C(=O)CCCl)c(/C=C/C(=O)O)c1. The van der Waals surface area contributed by atoms with Gasteiger partial charge in [0.1, 0.15) is 0 Å². The Kier molecular flexibility index (Phi) is 4.91. The van der Waals surface area contributed by atoms with E-state index in [4.69, 9.17) is 16.7 Å². The van der Waals surface area contributed by atoms with Crippen molar-refractivity contribution in [1.29, 1.82) is 0 Å². The molecule has 1 aromatic rings. The third-order valence-corrected chi connectivity index (χ3v) is 2.42. The third kappa shape index (κ3) is 4.04. The number of halogens is 1. The topological polar surface area (TPSA) is 54.4 Å². The number of ketones is 1. The molecule has 0 radical (unpaired) electrons. The van der Waals surface area contributed by atoms with Gasteiger partial charge >= 0.3 is 5.97 Å². The van der Waals surface area contributed by atoms with E-state index in [1.165, 1.54) is 6.08 Å². The van der Waals surface area contributed by atoms with E-state index in [9.17, 15) is 9.59 Å². The van der Waals surface area contributed by atoms with Crippen LogP contribution in [0.3, 0.4) is 0 Å². The van der Waals surface area contributed by atoms with Crippen LogP contribution in [-0.4, -0.2) is 22.7 Å². The van der Waals surface area contributed by atoms with E-state index in [-0.39, 0.29) is 18.1 Å². The summed E-state index contributed by atoms with van der Waals surface area (Å²) in [6.07, 6.45) is 2.70. The van der Waals surface area contributed by atoms with Crippen LogP contribution in [0.1, 0.15) is 27.9 Å². The molecule has 17 heavy (non-hydrogen) atoms. The fourth-order valence-corrected chi connectivity index (χ4v) is 1.63. The molecule has 90 valence electrons. The summed E-state index contributed by atoms with van der Waals surface area (Å²) in [6, 6.07) is 5.30. The number of rotatable bonds is 5. The highest BCUT2D eigenvalue weighted by Gasteiger charge is 2.09. The Bertz CT molecular complexity index is 464. The summed E-state index contributed by atoms with van der Waals surface area (Å²) in [4.78, 5) is 22.2. The highest BCUT2D eigenvalue weighted by atomic mass is 35.5. The first-order chi connectivity index (χ1) is 8.04. The first-order valence-corrected chi connectivity index (χ1v) is 5.69. The molecular weight excluding hydrogens is 240 g/mol. The molecular formula is C13H13ClO3. The summed E-state index contributed by atoms with van der Waals surface area (Å²) in [5.74, 6) is -0.860. The molecule has 3 nitrogen and oxygen atoms in total. The van der Waals surface area contributed by atoms with Crippen molar-refractivity contribution in [3.05, 3.63) is 41.0 Å². The van der Waals surface area contributed by atoms with Gasteiger partial charge in [-0.3, -0.25) is 4.79 Å². The van der Waals surface area contributed by atoms with Crippen LogP contribution in [0.4, 0.5) is 0 Å². The predicted molar refractivity (Wildman–Crippen MR) is 67.5 cm³/mol. The Morgan fingerprint density at radius 3 is 2.71 bits per heavy atom. The molecule has 0 amide bonds. The molecule has 0 atom stereocenters. The van der Waals surface area contributed by atoms with Crippen LogP contribution < -0.4 is 0 Å². The van der Waals surface area contributed by atoms with E-state index >= 15 is 0 Å². The molecule has 0 bridgehead atoms. The summed E-state index contributed by atoms with van der Waals surface area (Å²) in [5, 5.41) is 8.58. The lowest BCUT2D eigenvalue weighted by molar-refractivity contribution is -0.131. The molecule has 1 rings (SSSR count). The Balaban J connectivity index is 3.12. The van der Waals surface area contributed by atoms with Gasteiger partial charge in [0.2, 0.25) is 0 Å². The van der Waals surface area contributed by atoms with Crippen molar-refractivity contribution in [1.82, 2.24) is 0 Å². The number of Topliss-reactive ketones (excluding diaryl/α,β-unsaturated/α-hetero) is 1. The van der Waals surface area contributed by atoms with Gasteiger partial charge in [-0.1, -0.05) is 23.8 Å². The summed E-state index contributed by atoms with van der Waals surface area (Å²) in [7, 11) is 0. The van der Waals surface area contributed by atoms with Crippen molar-refractivity contribution < 1.29 is 14.7 Å².